The Morgan fingerprint density at radius 2 is 2.24 bits per heavy atom. The summed E-state index contributed by atoms with van der Waals surface area (Å²) in [5, 5.41) is 0.634. The molecule has 21 heavy (non-hydrogen) atoms. The van der Waals surface area contributed by atoms with Gasteiger partial charge in [-0.1, -0.05) is 17.7 Å². The Morgan fingerprint density at radius 1 is 1.43 bits per heavy atom. The topological polar surface area (TPSA) is 89.6 Å². The number of nitrogens with two attached hydrogens (primary N) is 1. The van der Waals surface area contributed by atoms with E-state index in [1.54, 1.807) is 0 Å². The van der Waals surface area contributed by atoms with Crippen LogP contribution in [0.2, 0.25) is 5.02 Å². The predicted molar refractivity (Wildman–Crippen MR) is 85.4 cm³/mol. The highest BCUT2D eigenvalue weighted by Crippen LogP contribution is 2.23. The number of hydrogen-bond donors (Lipinski definition) is 2. The Balaban J connectivity index is 1.91. The van der Waals surface area contributed by atoms with Crippen LogP contribution >= 0.6 is 27.5 Å². The molecule has 1 aromatic carbocycles. The zero-order valence-corrected chi connectivity index (χ0v) is 13.1. The van der Waals surface area contributed by atoms with E-state index >= 15 is 0 Å². The fourth-order valence-electron chi connectivity index (χ4n) is 2.09. The first-order chi connectivity index (χ1) is 10.1. The fourth-order valence-corrected chi connectivity index (χ4v) is 2.54. The second kappa shape index (κ2) is 5.50. The number of imidazole rings is 1. The molecule has 3 aromatic rings. The SMILES string of the molecule is Nc1nc2nc[nH]c2c(=O)n1CCc1ccc(Br)c(Cl)c1. The number of rotatable bonds is 3. The van der Waals surface area contributed by atoms with Gasteiger partial charge in [-0.15, -0.1) is 0 Å². The van der Waals surface area contributed by atoms with E-state index < -0.39 is 0 Å². The molecule has 0 saturated heterocycles. The van der Waals surface area contributed by atoms with Crippen LogP contribution in [0.4, 0.5) is 5.95 Å². The van der Waals surface area contributed by atoms with Crippen molar-refractivity contribution in [3.8, 4) is 0 Å². The third kappa shape index (κ3) is 2.66. The van der Waals surface area contributed by atoms with Crippen LogP contribution in [0.25, 0.3) is 11.2 Å². The minimum Gasteiger partial charge on any atom is -0.369 e. The molecule has 0 amide bonds. The highest BCUT2D eigenvalue weighted by molar-refractivity contribution is 9.10. The van der Waals surface area contributed by atoms with E-state index in [9.17, 15) is 4.79 Å². The smallest absolute Gasteiger partial charge is 0.280 e. The van der Waals surface area contributed by atoms with Crippen molar-refractivity contribution in [2.24, 2.45) is 0 Å². The highest BCUT2D eigenvalue weighted by Gasteiger charge is 2.10. The largest absolute Gasteiger partial charge is 0.369 e. The number of hydrogen-bond acceptors (Lipinski definition) is 4. The second-order valence-corrected chi connectivity index (χ2v) is 5.79. The van der Waals surface area contributed by atoms with Crippen molar-refractivity contribution in [3.05, 3.63) is 49.9 Å². The summed E-state index contributed by atoms with van der Waals surface area (Å²) in [4.78, 5) is 23.1. The summed E-state index contributed by atoms with van der Waals surface area (Å²) < 4.78 is 2.27. The Labute approximate surface area is 133 Å². The number of aromatic nitrogens is 4. The molecule has 0 saturated carbocycles. The third-order valence-corrected chi connectivity index (χ3v) is 4.42. The normalized spacial score (nSPS) is 11.1. The maximum Gasteiger partial charge on any atom is 0.280 e. The predicted octanol–water partition coefficient (Wildman–Crippen LogP) is 2.36. The molecule has 0 aliphatic rings. The van der Waals surface area contributed by atoms with Gasteiger partial charge in [0.15, 0.2) is 11.2 Å². The number of nitrogens with one attached hydrogen (secondary N) is 1. The first-order valence-electron chi connectivity index (χ1n) is 6.19. The molecule has 0 aliphatic carbocycles. The van der Waals surface area contributed by atoms with Crippen LogP contribution in [0.1, 0.15) is 5.56 Å². The molecular weight excluding hydrogens is 358 g/mol. The van der Waals surface area contributed by atoms with Crippen molar-refractivity contribution in [2.75, 3.05) is 5.73 Å². The Kier molecular flexibility index (Phi) is 3.69. The number of halogens is 2. The van der Waals surface area contributed by atoms with Gasteiger partial charge in [-0.05, 0) is 40.0 Å². The molecule has 0 aliphatic heterocycles. The molecule has 3 rings (SSSR count). The first kappa shape index (κ1) is 14.1. The van der Waals surface area contributed by atoms with E-state index in [4.69, 9.17) is 17.3 Å². The average molecular weight is 369 g/mol. The van der Waals surface area contributed by atoms with Crippen LogP contribution in [-0.4, -0.2) is 19.5 Å². The maximum atomic E-state index is 12.3. The Morgan fingerprint density at radius 3 is 3.00 bits per heavy atom. The lowest BCUT2D eigenvalue weighted by Crippen LogP contribution is -2.25. The summed E-state index contributed by atoms with van der Waals surface area (Å²) in [7, 11) is 0. The number of nitrogens with zero attached hydrogens (tertiary/aromatic N) is 3. The van der Waals surface area contributed by atoms with Gasteiger partial charge in [-0.3, -0.25) is 9.36 Å². The van der Waals surface area contributed by atoms with E-state index in [1.165, 1.54) is 10.9 Å². The van der Waals surface area contributed by atoms with Crippen LogP contribution < -0.4 is 11.3 Å². The van der Waals surface area contributed by atoms with Crippen molar-refractivity contribution in [2.45, 2.75) is 13.0 Å². The minimum atomic E-state index is -0.224. The second-order valence-electron chi connectivity index (χ2n) is 4.53. The van der Waals surface area contributed by atoms with Gasteiger partial charge in [0.25, 0.3) is 5.56 Å². The molecule has 3 N–H and O–H groups in total. The van der Waals surface area contributed by atoms with Crippen molar-refractivity contribution < 1.29 is 0 Å². The van der Waals surface area contributed by atoms with Gasteiger partial charge >= 0.3 is 0 Å². The van der Waals surface area contributed by atoms with Gasteiger partial charge in [-0.2, -0.15) is 4.98 Å². The van der Waals surface area contributed by atoms with Crippen LogP contribution in [0.15, 0.2) is 33.8 Å². The van der Waals surface area contributed by atoms with E-state index in [1.807, 2.05) is 18.2 Å². The lowest BCUT2D eigenvalue weighted by atomic mass is 10.1. The number of aryl methyl sites for hydroxylation is 1. The molecule has 0 fully saturated rings. The molecule has 108 valence electrons. The van der Waals surface area contributed by atoms with Crippen molar-refractivity contribution in [3.63, 3.8) is 0 Å². The van der Waals surface area contributed by atoms with Gasteiger partial charge in [0.2, 0.25) is 5.95 Å². The molecular formula is C13H11BrClN5O. The molecule has 2 aromatic heterocycles. The van der Waals surface area contributed by atoms with Gasteiger partial charge in [-0.25, -0.2) is 4.98 Å². The summed E-state index contributed by atoms with van der Waals surface area (Å²) in [5.41, 5.74) is 7.31. The molecule has 0 radical (unpaired) electrons. The molecule has 8 heteroatoms. The minimum absolute atomic E-state index is 0.155. The van der Waals surface area contributed by atoms with Gasteiger partial charge in [0.1, 0.15) is 0 Å². The Hall–Kier alpha value is -1.86. The standard InChI is InChI=1S/C13H11BrClN5O/c14-8-2-1-7(5-9(8)15)3-4-20-12(21)10-11(18-6-17-10)19-13(20)16/h1-2,5-6H,3-4H2,(H2,16,19)(H,17,18). The van der Waals surface area contributed by atoms with E-state index in [0.717, 1.165) is 10.0 Å². The summed E-state index contributed by atoms with van der Waals surface area (Å²) >= 11 is 9.40. The van der Waals surface area contributed by atoms with Crippen molar-refractivity contribution in [1.29, 1.82) is 0 Å². The molecule has 6 nitrogen and oxygen atoms in total. The molecule has 0 bridgehead atoms. The number of H-pyrrole nitrogens is 1. The number of fused-ring (bicyclic) bond motifs is 1. The van der Waals surface area contributed by atoms with Gasteiger partial charge in [0.05, 0.1) is 11.3 Å². The molecule has 0 spiro atoms. The van der Waals surface area contributed by atoms with E-state index in [-0.39, 0.29) is 11.5 Å². The van der Waals surface area contributed by atoms with Crippen LogP contribution in [-0.2, 0) is 13.0 Å². The molecule has 0 atom stereocenters. The quantitative estimate of drug-likeness (QED) is 0.742. The molecule has 0 unspecified atom stereocenters. The van der Waals surface area contributed by atoms with Crippen LogP contribution in [0.3, 0.4) is 0 Å². The summed E-state index contributed by atoms with van der Waals surface area (Å²) in [6, 6.07) is 5.68. The van der Waals surface area contributed by atoms with Crippen LogP contribution in [0.5, 0.6) is 0 Å². The number of aromatic amines is 1. The number of benzene rings is 1. The monoisotopic (exact) mass is 367 g/mol. The summed E-state index contributed by atoms with van der Waals surface area (Å²) in [5.74, 6) is 0.155. The lowest BCUT2D eigenvalue weighted by molar-refractivity contribution is 0.673. The fraction of sp³-hybridized carbons (Fsp3) is 0.154. The third-order valence-electron chi connectivity index (χ3n) is 3.18. The Bertz CT molecular complexity index is 873. The van der Waals surface area contributed by atoms with Crippen LogP contribution in [0, 0.1) is 0 Å². The van der Waals surface area contributed by atoms with E-state index in [2.05, 4.69) is 30.9 Å². The number of anilines is 1. The highest BCUT2D eigenvalue weighted by atomic mass is 79.9. The first-order valence-corrected chi connectivity index (χ1v) is 7.36. The van der Waals surface area contributed by atoms with Crippen molar-refractivity contribution >= 4 is 44.6 Å². The average Bonchev–Trinajstić information content (AvgIpc) is 2.90. The van der Waals surface area contributed by atoms with Gasteiger partial charge in [0, 0.05) is 11.0 Å². The maximum absolute atomic E-state index is 12.3. The van der Waals surface area contributed by atoms with Gasteiger partial charge < -0.3 is 10.7 Å². The summed E-state index contributed by atoms with van der Waals surface area (Å²) in [6.45, 7) is 0.421. The van der Waals surface area contributed by atoms with E-state index in [0.29, 0.717) is 29.2 Å². The summed E-state index contributed by atoms with van der Waals surface area (Å²) in [6.07, 6.45) is 2.05. The lowest BCUT2D eigenvalue weighted by Gasteiger charge is -2.09. The van der Waals surface area contributed by atoms with Crippen molar-refractivity contribution in [1.82, 2.24) is 19.5 Å². The zero-order valence-electron chi connectivity index (χ0n) is 10.8. The molecule has 2 heterocycles. The number of nitrogen functional groups attached to an aromatic ring is 1. The zero-order chi connectivity index (χ0) is 15.0.